The lowest BCUT2D eigenvalue weighted by molar-refractivity contribution is 0.103. The van der Waals surface area contributed by atoms with Gasteiger partial charge in [0.15, 0.2) is 0 Å². The van der Waals surface area contributed by atoms with Gasteiger partial charge in [0.05, 0.1) is 27.9 Å². The Bertz CT molecular complexity index is 2180. The van der Waals surface area contributed by atoms with E-state index in [4.69, 9.17) is 4.74 Å². The zero-order chi connectivity index (χ0) is 28.9. The molecule has 0 atom stereocenters. The Balaban J connectivity index is 1.52. The van der Waals surface area contributed by atoms with Crippen molar-refractivity contribution in [1.82, 2.24) is 7.94 Å². The van der Waals surface area contributed by atoms with Crippen LogP contribution in [0.25, 0.3) is 21.8 Å². The Morgan fingerprint density at radius 2 is 1.32 bits per heavy atom. The summed E-state index contributed by atoms with van der Waals surface area (Å²) in [5.74, 6) is -0.0107. The van der Waals surface area contributed by atoms with E-state index in [1.54, 1.807) is 73.7 Å². The molecule has 0 N–H and O–H groups in total. The average Bonchev–Trinajstić information content (AvgIpc) is 3.55. The van der Waals surface area contributed by atoms with Crippen molar-refractivity contribution in [3.8, 4) is 5.75 Å². The Morgan fingerprint density at radius 1 is 0.707 bits per heavy atom. The van der Waals surface area contributed by atoms with Crippen LogP contribution in [0.2, 0.25) is 0 Å². The fourth-order valence-electron chi connectivity index (χ4n) is 4.96. The molecule has 4 aromatic carbocycles. The molecule has 41 heavy (non-hydrogen) atoms. The molecule has 0 unspecified atom stereocenters. The minimum Gasteiger partial charge on any atom is -0.497 e. The molecule has 8 nitrogen and oxygen atoms in total. The van der Waals surface area contributed by atoms with Crippen LogP contribution in [-0.4, -0.2) is 37.7 Å². The van der Waals surface area contributed by atoms with Gasteiger partial charge in [-0.15, -0.1) is 0 Å². The van der Waals surface area contributed by atoms with Crippen molar-refractivity contribution in [1.29, 1.82) is 0 Å². The number of carbonyl (C=O) groups excluding carboxylic acids is 1. The summed E-state index contributed by atoms with van der Waals surface area (Å²) in [5.41, 5.74) is 1.55. The van der Waals surface area contributed by atoms with Gasteiger partial charge in [-0.2, -0.15) is 0 Å². The predicted octanol–water partition coefficient (Wildman–Crippen LogP) is 5.62. The maximum absolute atomic E-state index is 14.0. The lowest BCUT2D eigenvalue weighted by Gasteiger charge is -2.12. The van der Waals surface area contributed by atoms with Crippen molar-refractivity contribution in [2.24, 2.45) is 0 Å². The van der Waals surface area contributed by atoms with E-state index in [-0.39, 0.29) is 21.0 Å². The molecule has 0 spiro atoms. The van der Waals surface area contributed by atoms with Gasteiger partial charge in [-0.05, 0) is 79.2 Å². The molecule has 0 amide bonds. The SMILES string of the molecule is COc1ccc2c(c1)cc(C(=O)c1ccc3c(c1)c(C)cn3S(=O)(=O)c1ccccc1)n2S(=O)(=O)c1ccccc1. The largest absolute Gasteiger partial charge is 0.497 e. The summed E-state index contributed by atoms with van der Waals surface area (Å²) >= 11 is 0. The number of hydrogen-bond donors (Lipinski definition) is 0. The molecular formula is C31H24N2O6S2. The van der Waals surface area contributed by atoms with Gasteiger partial charge in [-0.25, -0.2) is 24.8 Å². The first-order valence-electron chi connectivity index (χ1n) is 12.6. The van der Waals surface area contributed by atoms with E-state index in [9.17, 15) is 21.6 Å². The highest BCUT2D eigenvalue weighted by atomic mass is 32.2. The zero-order valence-electron chi connectivity index (χ0n) is 22.1. The number of rotatable bonds is 7. The van der Waals surface area contributed by atoms with Gasteiger partial charge in [0.2, 0.25) is 5.78 Å². The summed E-state index contributed by atoms with van der Waals surface area (Å²) in [6.45, 7) is 1.76. The molecule has 0 saturated heterocycles. The number of hydrogen-bond acceptors (Lipinski definition) is 6. The molecule has 0 aliphatic carbocycles. The first-order chi connectivity index (χ1) is 19.6. The highest BCUT2D eigenvalue weighted by Crippen LogP contribution is 2.32. The van der Waals surface area contributed by atoms with Crippen molar-refractivity contribution in [2.45, 2.75) is 16.7 Å². The molecule has 0 fully saturated rings. The third-order valence-corrected chi connectivity index (χ3v) is 10.4. The number of methoxy groups -OCH3 is 1. The summed E-state index contributed by atoms with van der Waals surface area (Å²) in [5, 5.41) is 1.08. The Morgan fingerprint density at radius 3 is 1.95 bits per heavy atom. The van der Waals surface area contributed by atoms with E-state index in [1.807, 2.05) is 0 Å². The number of fused-ring (bicyclic) bond motifs is 2. The van der Waals surface area contributed by atoms with Gasteiger partial charge in [-0.1, -0.05) is 36.4 Å². The standard InChI is InChI=1S/C31H24N2O6S2/c1-21-20-32(40(35,36)25-9-5-3-6-10-25)29-15-13-22(18-27(21)29)31(34)30-19-23-17-24(39-2)14-16-28(23)33(30)41(37,38)26-11-7-4-8-12-26/h3-20H,1-2H3. The molecule has 2 heterocycles. The van der Waals surface area contributed by atoms with Crippen LogP contribution in [0.5, 0.6) is 5.75 Å². The molecule has 6 aromatic rings. The van der Waals surface area contributed by atoms with E-state index in [0.717, 1.165) is 3.97 Å². The van der Waals surface area contributed by atoms with Crippen LogP contribution in [0.3, 0.4) is 0 Å². The fourth-order valence-corrected chi connectivity index (χ4v) is 7.94. The van der Waals surface area contributed by atoms with Gasteiger partial charge in [0.25, 0.3) is 20.0 Å². The molecule has 0 aliphatic heterocycles. The van der Waals surface area contributed by atoms with Crippen molar-refractivity contribution in [3.05, 3.63) is 126 Å². The van der Waals surface area contributed by atoms with Gasteiger partial charge in [-0.3, -0.25) is 4.79 Å². The number of nitrogens with zero attached hydrogens (tertiary/aromatic N) is 2. The van der Waals surface area contributed by atoms with E-state index >= 15 is 0 Å². The van der Waals surface area contributed by atoms with Gasteiger partial charge in [0.1, 0.15) is 11.4 Å². The van der Waals surface area contributed by atoms with Crippen molar-refractivity contribution in [2.75, 3.05) is 7.11 Å². The lowest BCUT2D eigenvalue weighted by atomic mass is 10.0. The second-order valence-corrected chi connectivity index (χ2v) is 13.1. The number of carbonyl (C=O) groups is 1. The van der Waals surface area contributed by atoms with Crippen LogP contribution in [0.15, 0.2) is 119 Å². The van der Waals surface area contributed by atoms with Gasteiger partial charge < -0.3 is 4.74 Å². The van der Waals surface area contributed by atoms with E-state index < -0.39 is 25.8 Å². The summed E-state index contributed by atoms with van der Waals surface area (Å²) < 4.78 is 62.0. The molecule has 6 rings (SSSR count). The smallest absolute Gasteiger partial charge is 0.268 e. The van der Waals surface area contributed by atoms with Crippen molar-refractivity contribution >= 4 is 47.6 Å². The molecule has 0 saturated carbocycles. The summed E-state index contributed by atoms with van der Waals surface area (Å²) in [7, 11) is -6.52. The second kappa shape index (κ2) is 9.76. The van der Waals surface area contributed by atoms with Crippen LogP contribution in [0.4, 0.5) is 0 Å². The van der Waals surface area contributed by atoms with Crippen LogP contribution < -0.4 is 4.74 Å². The lowest BCUT2D eigenvalue weighted by Crippen LogP contribution is -2.19. The highest BCUT2D eigenvalue weighted by molar-refractivity contribution is 7.90. The minimum absolute atomic E-state index is 0.0388. The Labute approximate surface area is 237 Å². The minimum atomic E-state index is -4.15. The highest BCUT2D eigenvalue weighted by Gasteiger charge is 2.28. The molecule has 0 radical (unpaired) electrons. The van der Waals surface area contributed by atoms with Gasteiger partial charge >= 0.3 is 0 Å². The number of ether oxygens (including phenoxy) is 1. The third-order valence-electron chi connectivity index (χ3n) is 7.01. The Hall–Kier alpha value is -4.67. The normalized spacial score (nSPS) is 12.1. The molecular weight excluding hydrogens is 560 g/mol. The van der Waals surface area contributed by atoms with Crippen LogP contribution in [0.1, 0.15) is 21.6 Å². The second-order valence-electron chi connectivity index (χ2n) is 9.52. The summed E-state index contributed by atoms with van der Waals surface area (Å²) in [6.07, 6.45) is 1.52. The quantitative estimate of drug-likeness (QED) is 0.226. The van der Waals surface area contributed by atoms with E-state index in [0.29, 0.717) is 33.1 Å². The zero-order valence-corrected chi connectivity index (χ0v) is 23.7. The van der Waals surface area contributed by atoms with Crippen molar-refractivity contribution in [3.63, 3.8) is 0 Å². The number of aromatic nitrogens is 2. The molecule has 2 aromatic heterocycles. The fraction of sp³-hybridized carbons (Fsp3) is 0.0645. The average molecular weight is 585 g/mol. The molecule has 206 valence electrons. The van der Waals surface area contributed by atoms with Crippen LogP contribution >= 0.6 is 0 Å². The van der Waals surface area contributed by atoms with Crippen LogP contribution in [-0.2, 0) is 20.0 Å². The number of benzene rings is 4. The Kier molecular flexibility index (Phi) is 6.32. The molecule has 0 aliphatic rings. The molecule has 0 bridgehead atoms. The number of ketones is 1. The topological polar surface area (TPSA) is 104 Å². The maximum Gasteiger partial charge on any atom is 0.268 e. The van der Waals surface area contributed by atoms with E-state index in [1.165, 1.54) is 53.7 Å². The maximum atomic E-state index is 14.0. The summed E-state index contributed by atoms with van der Waals surface area (Å²) in [6, 6.07) is 27.1. The predicted molar refractivity (Wildman–Crippen MR) is 157 cm³/mol. The number of aryl methyl sites for hydroxylation is 1. The van der Waals surface area contributed by atoms with E-state index in [2.05, 4.69) is 0 Å². The first kappa shape index (κ1) is 26.5. The van der Waals surface area contributed by atoms with Gasteiger partial charge in [0, 0.05) is 22.5 Å². The van der Waals surface area contributed by atoms with Crippen molar-refractivity contribution < 1.29 is 26.4 Å². The monoisotopic (exact) mass is 584 g/mol. The first-order valence-corrected chi connectivity index (χ1v) is 15.5. The van der Waals surface area contributed by atoms with Crippen LogP contribution in [0, 0.1) is 6.92 Å². The summed E-state index contributed by atoms with van der Waals surface area (Å²) in [4.78, 5) is 14.2. The molecule has 10 heteroatoms. The third kappa shape index (κ3) is 4.32.